The second kappa shape index (κ2) is 6.68. The van der Waals surface area contributed by atoms with Crippen molar-refractivity contribution in [3.05, 3.63) is 52.9 Å². The van der Waals surface area contributed by atoms with Crippen LogP contribution in [0.3, 0.4) is 0 Å². The van der Waals surface area contributed by atoms with E-state index in [1.54, 1.807) is 0 Å². The minimum Gasteiger partial charge on any atom is -0.387 e. The largest absolute Gasteiger partial charge is 0.387 e. The fourth-order valence-electron chi connectivity index (χ4n) is 2.05. The van der Waals surface area contributed by atoms with E-state index in [-0.39, 0.29) is 0 Å². The molecule has 1 atom stereocenters. The molecule has 1 heterocycles. The molecule has 0 radical (unpaired) electrons. The Hall–Kier alpha value is -1.65. The van der Waals surface area contributed by atoms with Crippen LogP contribution in [0.1, 0.15) is 48.5 Å². The van der Waals surface area contributed by atoms with E-state index in [0.29, 0.717) is 19.0 Å². The molecule has 1 unspecified atom stereocenters. The van der Waals surface area contributed by atoms with Gasteiger partial charge in [-0.15, -0.1) is 0 Å². The first-order valence-corrected chi connectivity index (χ1v) is 6.97. The average molecular weight is 274 g/mol. The predicted octanol–water partition coefficient (Wildman–Crippen LogP) is 2.93. The molecular formula is C16H22N2O2. The summed E-state index contributed by atoms with van der Waals surface area (Å²) in [6.45, 7) is 7.26. The normalized spacial score (nSPS) is 12.8. The predicted molar refractivity (Wildman–Crippen MR) is 78.4 cm³/mol. The van der Waals surface area contributed by atoms with Crippen molar-refractivity contribution < 1.29 is 9.63 Å². The van der Waals surface area contributed by atoms with Crippen molar-refractivity contribution in [2.24, 2.45) is 0 Å². The Kier molecular flexibility index (Phi) is 4.93. The highest BCUT2D eigenvalue weighted by Crippen LogP contribution is 2.18. The van der Waals surface area contributed by atoms with Gasteiger partial charge in [0.05, 0.1) is 18.3 Å². The third-order valence-electron chi connectivity index (χ3n) is 3.30. The summed E-state index contributed by atoms with van der Waals surface area (Å²) < 4.78 is 5.10. The first kappa shape index (κ1) is 14.8. The van der Waals surface area contributed by atoms with Crippen LogP contribution >= 0.6 is 0 Å². The summed E-state index contributed by atoms with van der Waals surface area (Å²) in [4.78, 5) is 0. The number of aliphatic hydroxyl groups is 1. The number of nitrogens with zero attached hydrogens (tertiary/aromatic N) is 1. The van der Waals surface area contributed by atoms with E-state index >= 15 is 0 Å². The van der Waals surface area contributed by atoms with Crippen LogP contribution in [0.5, 0.6) is 0 Å². The average Bonchev–Trinajstić information content (AvgIpc) is 2.84. The maximum atomic E-state index is 10.1. The minimum absolute atomic E-state index is 0.487. The van der Waals surface area contributed by atoms with Crippen molar-refractivity contribution in [1.82, 2.24) is 10.5 Å². The number of rotatable bonds is 6. The van der Waals surface area contributed by atoms with E-state index in [1.807, 2.05) is 25.1 Å². The van der Waals surface area contributed by atoms with Gasteiger partial charge in [-0.25, -0.2) is 0 Å². The monoisotopic (exact) mass is 274 g/mol. The molecule has 4 nitrogen and oxygen atoms in total. The van der Waals surface area contributed by atoms with E-state index in [0.717, 1.165) is 17.0 Å². The Bertz CT molecular complexity index is 532. The lowest BCUT2D eigenvalue weighted by molar-refractivity contribution is 0.173. The van der Waals surface area contributed by atoms with Crippen LogP contribution in [-0.4, -0.2) is 16.8 Å². The summed E-state index contributed by atoms with van der Waals surface area (Å²) in [5.41, 5.74) is 3.08. The van der Waals surface area contributed by atoms with Gasteiger partial charge in [0.2, 0.25) is 0 Å². The Morgan fingerprint density at radius 1 is 1.20 bits per heavy atom. The first-order valence-electron chi connectivity index (χ1n) is 6.97. The lowest BCUT2D eigenvalue weighted by atomic mass is 10.00. The molecule has 0 aliphatic rings. The molecule has 1 aromatic heterocycles. The molecule has 0 aliphatic heterocycles. The van der Waals surface area contributed by atoms with Crippen molar-refractivity contribution in [1.29, 1.82) is 0 Å². The van der Waals surface area contributed by atoms with Gasteiger partial charge in [0.1, 0.15) is 0 Å². The standard InChI is InChI=1S/C16H22N2O2/c1-11(2)13-4-6-14(7-5-13)16(19)10-17-9-15-8-12(3)18-20-15/h4-8,11,16-17,19H,9-10H2,1-3H3. The van der Waals surface area contributed by atoms with E-state index < -0.39 is 6.10 Å². The van der Waals surface area contributed by atoms with Gasteiger partial charge in [-0.1, -0.05) is 43.3 Å². The van der Waals surface area contributed by atoms with Gasteiger partial charge >= 0.3 is 0 Å². The van der Waals surface area contributed by atoms with Crippen LogP contribution in [0.4, 0.5) is 0 Å². The summed E-state index contributed by atoms with van der Waals surface area (Å²) in [6.07, 6.45) is -0.514. The van der Waals surface area contributed by atoms with E-state index in [9.17, 15) is 5.11 Å². The highest BCUT2D eigenvalue weighted by Gasteiger charge is 2.08. The number of aryl methyl sites for hydroxylation is 1. The fraction of sp³-hybridized carbons (Fsp3) is 0.438. The third kappa shape index (κ3) is 3.92. The summed E-state index contributed by atoms with van der Waals surface area (Å²) >= 11 is 0. The van der Waals surface area contributed by atoms with Gasteiger partial charge in [0.15, 0.2) is 5.76 Å². The van der Waals surface area contributed by atoms with Crippen LogP contribution in [-0.2, 0) is 6.54 Å². The number of aliphatic hydroxyl groups excluding tert-OH is 1. The molecule has 0 saturated heterocycles. The Labute approximate surface area is 119 Å². The molecule has 2 rings (SSSR count). The van der Waals surface area contributed by atoms with E-state index in [1.165, 1.54) is 5.56 Å². The zero-order valence-electron chi connectivity index (χ0n) is 12.3. The maximum Gasteiger partial charge on any atom is 0.150 e. The maximum absolute atomic E-state index is 10.1. The van der Waals surface area contributed by atoms with Gasteiger partial charge < -0.3 is 14.9 Å². The van der Waals surface area contributed by atoms with Gasteiger partial charge in [-0.3, -0.25) is 0 Å². The van der Waals surface area contributed by atoms with Crippen LogP contribution in [0, 0.1) is 6.92 Å². The quantitative estimate of drug-likeness (QED) is 0.850. The van der Waals surface area contributed by atoms with Crippen LogP contribution in [0.15, 0.2) is 34.9 Å². The smallest absolute Gasteiger partial charge is 0.150 e. The third-order valence-corrected chi connectivity index (χ3v) is 3.30. The van der Waals surface area contributed by atoms with Crippen molar-refractivity contribution in [2.75, 3.05) is 6.54 Å². The molecule has 0 aliphatic carbocycles. The summed E-state index contributed by atoms with van der Waals surface area (Å²) in [6, 6.07) is 10.0. The Balaban J connectivity index is 1.83. The highest BCUT2D eigenvalue weighted by atomic mass is 16.5. The van der Waals surface area contributed by atoms with Gasteiger partial charge in [0.25, 0.3) is 0 Å². The molecular weight excluding hydrogens is 252 g/mol. The molecule has 108 valence electrons. The molecule has 2 aromatic rings. The topological polar surface area (TPSA) is 58.3 Å². The van der Waals surface area contributed by atoms with Crippen LogP contribution in [0.2, 0.25) is 0 Å². The van der Waals surface area contributed by atoms with Gasteiger partial charge in [0, 0.05) is 12.6 Å². The molecule has 4 heteroatoms. The van der Waals surface area contributed by atoms with Crippen molar-refractivity contribution in [2.45, 2.75) is 39.3 Å². The molecule has 0 bridgehead atoms. The second-order valence-electron chi connectivity index (χ2n) is 5.40. The molecule has 1 aromatic carbocycles. The van der Waals surface area contributed by atoms with Crippen LogP contribution in [0.25, 0.3) is 0 Å². The fourth-order valence-corrected chi connectivity index (χ4v) is 2.05. The number of hydrogen-bond acceptors (Lipinski definition) is 4. The van der Waals surface area contributed by atoms with E-state index in [2.05, 4.69) is 36.5 Å². The Morgan fingerprint density at radius 2 is 1.85 bits per heavy atom. The highest BCUT2D eigenvalue weighted by molar-refractivity contribution is 5.26. The molecule has 0 spiro atoms. The number of hydrogen-bond donors (Lipinski definition) is 2. The van der Waals surface area contributed by atoms with Crippen molar-refractivity contribution in [3.63, 3.8) is 0 Å². The molecule has 0 fully saturated rings. The molecule has 20 heavy (non-hydrogen) atoms. The van der Waals surface area contributed by atoms with E-state index in [4.69, 9.17) is 4.52 Å². The number of benzene rings is 1. The lowest BCUT2D eigenvalue weighted by Crippen LogP contribution is -2.20. The molecule has 0 amide bonds. The van der Waals surface area contributed by atoms with Crippen LogP contribution < -0.4 is 5.32 Å². The molecule has 2 N–H and O–H groups in total. The minimum atomic E-state index is -0.514. The lowest BCUT2D eigenvalue weighted by Gasteiger charge is -2.13. The summed E-state index contributed by atoms with van der Waals surface area (Å²) in [5, 5.41) is 17.1. The second-order valence-corrected chi connectivity index (χ2v) is 5.40. The first-order chi connectivity index (χ1) is 9.56. The van der Waals surface area contributed by atoms with Gasteiger partial charge in [-0.05, 0) is 24.0 Å². The molecule has 0 saturated carbocycles. The number of nitrogens with one attached hydrogen (secondary N) is 1. The summed E-state index contributed by atoms with van der Waals surface area (Å²) in [7, 11) is 0. The zero-order chi connectivity index (χ0) is 14.5. The number of aromatic nitrogens is 1. The van der Waals surface area contributed by atoms with Crippen molar-refractivity contribution in [3.8, 4) is 0 Å². The van der Waals surface area contributed by atoms with Crippen molar-refractivity contribution >= 4 is 0 Å². The zero-order valence-corrected chi connectivity index (χ0v) is 12.3. The Morgan fingerprint density at radius 3 is 2.40 bits per heavy atom. The summed E-state index contributed by atoms with van der Waals surface area (Å²) in [5.74, 6) is 1.29. The SMILES string of the molecule is Cc1cc(CNCC(O)c2ccc(C(C)C)cc2)on1. The van der Waals surface area contributed by atoms with Gasteiger partial charge in [-0.2, -0.15) is 0 Å².